The third-order valence-electron chi connectivity index (χ3n) is 1.84. The summed E-state index contributed by atoms with van der Waals surface area (Å²) in [6.07, 6.45) is 0.416. The van der Waals surface area contributed by atoms with E-state index in [2.05, 4.69) is 0 Å². The molecule has 0 radical (unpaired) electrons. The number of carbonyl (C=O) groups is 2. The normalized spacial score (nSPS) is 14.7. The smallest absolute Gasteiger partial charge is 0.323 e. The molecule has 0 spiro atoms. The van der Waals surface area contributed by atoms with Gasteiger partial charge in [0.2, 0.25) is 5.91 Å². The molecule has 5 heteroatoms. The monoisotopic (exact) mass is 216 g/mol. The summed E-state index contributed by atoms with van der Waals surface area (Å²) in [5.41, 5.74) is 10.3. The summed E-state index contributed by atoms with van der Waals surface area (Å²) in [6, 6.07) is -0.947. The molecule has 0 aromatic carbocycles. The molecule has 2 atom stereocenters. The Balaban J connectivity index is 3.95. The molecule has 0 fully saturated rings. The molecule has 0 heterocycles. The van der Waals surface area contributed by atoms with E-state index in [1.54, 1.807) is 6.92 Å². The van der Waals surface area contributed by atoms with E-state index < -0.39 is 17.9 Å². The first-order valence-electron chi connectivity index (χ1n) is 5.07. The molecule has 5 nitrogen and oxygen atoms in total. The number of ether oxygens (including phenoxy) is 1. The van der Waals surface area contributed by atoms with Gasteiger partial charge >= 0.3 is 5.97 Å². The zero-order valence-electron chi connectivity index (χ0n) is 9.53. The second kappa shape index (κ2) is 6.40. The lowest BCUT2D eigenvalue weighted by Crippen LogP contribution is -2.38. The van der Waals surface area contributed by atoms with Gasteiger partial charge in [0.1, 0.15) is 6.04 Å². The van der Waals surface area contributed by atoms with E-state index in [4.69, 9.17) is 16.2 Å². The van der Waals surface area contributed by atoms with Crippen LogP contribution in [0, 0.1) is 5.92 Å². The molecular formula is C10H20N2O3. The van der Waals surface area contributed by atoms with Gasteiger partial charge < -0.3 is 16.2 Å². The second-order valence-electron chi connectivity index (χ2n) is 4.15. The van der Waals surface area contributed by atoms with Crippen LogP contribution in [0.1, 0.15) is 33.6 Å². The first kappa shape index (κ1) is 13.9. The molecular weight excluding hydrogens is 196 g/mol. The SMILES string of the molecule is CC(C)CC(C)OC(=O)C(N)CC(N)=O. The largest absolute Gasteiger partial charge is 0.461 e. The van der Waals surface area contributed by atoms with Crippen LogP contribution in [0.5, 0.6) is 0 Å². The van der Waals surface area contributed by atoms with E-state index in [1.807, 2.05) is 13.8 Å². The van der Waals surface area contributed by atoms with Crippen molar-refractivity contribution >= 4 is 11.9 Å². The molecule has 0 saturated carbocycles. The molecule has 0 aliphatic heterocycles. The van der Waals surface area contributed by atoms with Gasteiger partial charge in [-0.25, -0.2) is 0 Å². The molecule has 2 unspecified atom stereocenters. The third kappa shape index (κ3) is 6.90. The minimum absolute atomic E-state index is 0.173. The van der Waals surface area contributed by atoms with Crippen molar-refractivity contribution in [3.63, 3.8) is 0 Å². The van der Waals surface area contributed by atoms with Crippen molar-refractivity contribution in [2.45, 2.75) is 45.8 Å². The lowest BCUT2D eigenvalue weighted by atomic mass is 10.1. The molecule has 0 aromatic heterocycles. The van der Waals surface area contributed by atoms with Gasteiger partial charge in [0.05, 0.1) is 12.5 Å². The summed E-state index contributed by atoms with van der Waals surface area (Å²) >= 11 is 0. The number of hydrogen-bond donors (Lipinski definition) is 2. The zero-order chi connectivity index (χ0) is 12.0. The van der Waals surface area contributed by atoms with Crippen molar-refractivity contribution in [3.05, 3.63) is 0 Å². The number of hydrogen-bond acceptors (Lipinski definition) is 4. The van der Waals surface area contributed by atoms with Gasteiger partial charge in [-0.3, -0.25) is 9.59 Å². The Morgan fingerprint density at radius 1 is 1.27 bits per heavy atom. The topological polar surface area (TPSA) is 95.4 Å². The summed E-state index contributed by atoms with van der Waals surface area (Å²) in [7, 11) is 0. The van der Waals surface area contributed by atoms with Crippen molar-refractivity contribution in [2.75, 3.05) is 0 Å². The number of nitrogens with two attached hydrogens (primary N) is 2. The molecule has 0 saturated heterocycles. The minimum Gasteiger partial charge on any atom is -0.461 e. The number of esters is 1. The van der Waals surface area contributed by atoms with E-state index >= 15 is 0 Å². The number of primary amides is 1. The van der Waals surface area contributed by atoms with Gasteiger partial charge in [-0.15, -0.1) is 0 Å². The van der Waals surface area contributed by atoms with Crippen molar-refractivity contribution in [1.82, 2.24) is 0 Å². The van der Waals surface area contributed by atoms with Gasteiger partial charge in [0, 0.05) is 0 Å². The standard InChI is InChI=1S/C10H20N2O3/c1-6(2)4-7(3)15-10(14)8(11)5-9(12)13/h6-8H,4-5,11H2,1-3H3,(H2,12,13). The highest BCUT2D eigenvalue weighted by Gasteiger charge is 2.20. The molecule has 0 aromatic rings. The summed E-state index contributed by atoms with van der Waals surface area (Å²) in [6.45, 7) is 5.87. The fraction of sp³-hybridized carbons (Fsp3) is 0.800. The number of amides is 1. The van der Waals surface area contributed by atoms with Gasteiger partial charge in [0.25, 0.3) is 0 Å². The predicted octanol–water partition coefficient (Wildman–Crippen LogP) is 0.167. The van der Waals surface area contributed by atoms with Gasteiger partial charge in [0.15, 0.2) is 0 Å². The molecule has 0 aliphatic carbocycles. The van der Waals surface area contributed by atoms with Crippen LogP contribution in [-0.4, -0.2) is 24.0 Å². The number of rotatable bonds is 6. The highest BCUT2D eigenvalue weighted by Crippen LogP contribution is 2.08. The van der Waals surface area contributed by atoms with E-state index in [1.165, 1.54) is 0 Å². The van der Waals surface area contributed by atoms with Crippen LogP contribution in [-0.2, 0) is 14.3 Å². The summed E-state index contributed by atoms with van der Waals surface area (Å²) in [4.78, 5) is 21.8. The lowest BCUT2D eigenvalue weighted by molar-refractivity contribution is -0.151. The van der Waals surface area contributed by atoms with Crippen LogP contribution in [0.25, 0.3) is 0 Å². The van der Waals surface area contributed by atoms with E-state index in [0.717, 1.165) is 6.42 Å². The molecule has 1 amide bonds. The maximum Gasteiger partial charge on any atom is 0.323 e. The molecule has 0 bridgehead atoms. The van der Waals surface area contributed by atoms with Crippen molar-refractivity contribution in [1.29, 1.82) is 0 Å². The minimum atomic E-state index is -0.947. The Morgan fingerprint density at radius 3 is 2.20 bits per heavy atom. The molecule has 0 rings (SSSR count). The third-order valence-corrected chi connectivity index (χ3v) is 1.84. The Kier molecular flexibility index (Phi) is 5.93. The quantitative estimate of drug-likeness (QED) is 0.618. The number of carbonyl (C=O) groups excluding carboxylic acids is 2. The van der Waals surface area contributed by atoms with Gasteiger partial charge in [-0.1, -0.05) is 13.8 Å². The van der Waals surface area contributed by atoms with Crippen molar-refractivity contribution in [3.8, 4) is 0 Å². The van der Waals surface area contributed by atoms with Crippen LogP contribution in [0.3, 0.4) is 0 Å². The summed E-state index contributed by atoms with van der Waals surface area (Å²) in [5, 5.41) is 0. The lowest BCUT2D eigenvalue weighted by Gasteiger charge is -2.17. The molecule has 88 valence electrons. The molecule has 4 N–H and O–H groups in total. The fourth-order valence-corrected chi connectivity index (χ4v) is 1.30. The van der Waals surface area contributed by atoms with E-state index in [9.17, 15) is 9.59 Å². The van der Waals surface area contributed by atoms with Crippen molar-refractivity contribution in [2.24, 2.45) is 17.4 Å². The van der Waals surface area contributed by atoms with E-state index in [0.29, 0.717) is 5.92 Å². The Labute approximate surface area is 90.1 Å². The predicted molar refractivity (Wildman–Crippen MR) is 56.8 cm³/mol. The van der Waals surface area contributed by atoms with Crippen LogP contribution in [0.2, 0.25) is 0 Å². The molecule has 0 aliphatic rings. The molecule has 15 heavy (non-hydrogen) atoms. The highest BCUT2D eigenvalue weighted by molar-refractivity contribution is 5.84. The highest BCUT2D eigenvalue weighted by atomic mass is 16.5. The maximum atomic E-state index is 11.3. The Bertz CT molecular complexity index is 229. The summed E-state index contributed by atoms with van der Waals surface area (Å²) in [5.74, 6) is -0.724. The van der Waals surface area contributed by atoms with Gasteiger partial charge in [-0.2, -0.15) is 0 Å². The summed E-state index contributed by atoms with van der Waals surface area (Å²) < 4.78 is 5.05. The fourth-order valence-electron chi connectivity index (χ4n) is 1.30. The first-order valence-corrected chi connectivity index (χ1v) is 5.07. The van der Waals surface area contributed by atoms with Crippen LogP contribution >= 0.6 is 0 Å². The first-order chi connectivity index (χ1) is 6.82. The Hall–Kier alpha value is -1.10. The second-order valence-corrected chi connectivity index (χ2v) is 4.15. The average molecular weight is 216 g/mol. The van der Waals surface area contributed by atoms with Crippen LogP contribution in [0.4, 0.5) is 0 Å². The zero-order valence-corrected chi connectivity index (χ0v) is 9.53. The van der Waals surface area contributed by atoms with Crippen molar-refractivity contribution < 1.29 is 14.3 Å². The van der Waals surface area contributed by atoms with Crippen LogP contribution in [0.15, 0.2) is 0 Å². The average Bonchev–Trinajstić information content (AvgIpc) is 2.00. The van der Waals surface area contributed by atoms with Crippen LogP contribution < -0.4 is 11.5 Å². The van der Waals surface area contributed by atoms with Gasteiger partial charge in [-0.05, 0) is 19.3 Å². The van der Waals surface area contributed by atoms with E-state index in [-0.39, 0.29) is 12.5 Å². The maximum absolute atomic E-state index is 11.3. The Morgan fingerprint density at radius 2 is 1.80 bits per heavy atom.